The van der Waals surface area contributed by atoms with Crippen LogP contribution in [0.4, 0.5) is 10.1 Å². The van der Waals surface area contributed by atoms with E-state index in [0.29, 0.717) is 17.1 Å². The number of carbonyl (C=O) groups is 2. The number of carbonyl (C=O) groups excluding carboxylic acids is 2. The molecular formula is C34H43FN4O5S2. The van der Waals surface area contributed by atoms with Crippen molar-refractivity contribution in [2.75, 3.05) is 17.2 Å². The highest BCUT2D eigenvalue weighted by molar-refractivity contribution is 7.99. The van der Waals surface area contributed by atoms with Gasteiger partial charge in [-0.05, 0) is 82.5 Å². The number of nitrogens with one attached hydrogen (secondary N) is 3. The quantitative estimate of drug-likeness (QED) is 0.281. The van der Waals surface area contributed by atoms with Crippen molar-refractivity contribution < 1.29 is 27.5 Å². The van der Waals surface area contributed by atoms with Crippen molar-refractivity contribution in [1.82, 2.24) is 16.0 Å². The van der Waals surface area contributed by atoms with Crippen molar-refractivity contribution in [3.63, 3.8) is 0 Å². The molecule has 3 atom stereocenters. The zero-order valence-corrected chi connectivity index (χ0v) is 28.7. The van der Waals surface area contributed by atoms with E-state index in [1.54, 1.807) is 30.0 Å². The first-order chi connectivity index (χ1) is 21.5. The molecule has 9 nitrogen and oxygen atoms in total. The third kappa shape index (κ3) is 9.38. The molecule has 1 aliphatic carbocycles. The normalized spacial score (nSPS) is 19.3. The van der Waals surface area contributed by atoms with Crippen LogP contribution in [0.3, 0.4) is 0 Å². The first kappa shape index (κ1) is 35.6. The molecule has 4 N–H and O–H groups in total. The number of fused-ring (bicyclic) bond motifs is 1. The minimum Gasteiger partial charge on any atom is -0.392 e. The Morgan fingerprint density at radius 3 is 2.46 bits per heavy atom. The Kier molecular flexibility index (Phi) is 11.3. The average Bonchev–Trinajstić information content (AvgIpc) is 3.07. The van der Waals surface area contributed by atoms with Crippen LogP contribution in [0, 0.1) is 5.82 Å². The van der Waals surface area contributed by atoms with Crippen LogP contribution in [0.1, 0.15) is 59.1 Å². The van der Waals surface area contributed by atoms with E-state index in [1.165, 1.54) is 23.9 Å². The Hall–Kier alpha value is -3.29. The van der Waals surface area contributed by atoms with Crippen LogP contribution >= 0.6 is 11.8 Å². The zero-order valence-electron chi connectivity index (χ0n) is 27.1. The maximum absolute atomic E-state index is 14.3. The number of hydrogen-bond donors (Lipinski definition) is 4. The smallest absolute Gasteiger partial charge is 0.250 e. The van der Waals surface area contributed by atoms with Crippen molar-refractivity contribution in [2.24, 2.45) is 0 Å². The maximum Gasteiger partial charge on any atom is 0.250 e. The van der Waals surface area contributed by atoms with E-state index >= 15 is 0 Å². The number of hydrogen-bond acceptors (Lipinski definition) is 8. The third-order valence-corrected chi connectivity index (χ3v) is 9.42. The van der Waals surface area contributed by atoms with Gasteiger partial charge in [-0.2, -0.15) is 8.42 Å². The Morgan fingerprint density at radius 2 is 1.83 bits per heavy atom. The molecule has 248 valence electrons. The molecule has 0 bridgehead atoms. The summed E-state index contributed by atoms with van der Waals surface area (Å²) in [6.45, 7) is 11.8. The Bertz CT molecular complexity index is 1650. The number of halogens is 1. The number of anilines is 1. The number of allylic oxidation sites excluding steroid dienone is 2. The predicted octanol–water partition coefficient (Wildman–Crippen LogP) is 3.85. The van der Waals surface area contributed by atoms with Crippen molar-refractivity contribution in [3.05, 3.63) is 77.6 Å². The third-order valence-electron chi connectivity index (χ3n) is 7.53. The topological polar surface area (TPSA) is 128 Å². The van der Waals surface area contributed by atoms with E-state index in [0.717, 1.165) is 16.7 Å². The summed E-state index contributed by atoms with van der Waals surface area (Å²) in [6.07, 6.45) is 4.73. The van der Waals surface area contributed by atoms with Gasteiger partial charge in [-0.1, -0.05) is 36.4 Å². The van der Waals surface area contributed by atoms with Crippen LogP contribution < -0.4 is 20.9 Å². The van der Waals surface area contributed by atoms with Gasteiger partial charge < -0.3 is 26.0 Å². The highest BCUT2D eigenvalue weighted by atomic mass is 32.2. The van der Waals surface area contributed by atoms with Gasteiger partial charge in [0, 0.05) is 34.7 Å². The molecule has 0 fully saturated rings. The highest BCUT2D eigenvalue weighted by Crippen LogP contribution is 2.36. The molecule has 46 heavy (non-hydrogen) atoms. The molecule has 1 unspecified atom stereocenters. The fraction of sp³-hybridized carbons (Fsp3) is 0.441. The van der Waals surface area contributed by atoms with Crippen LogP contribution in [0.15, 0.2) is 65.6 Å². The van der Waals surface area contributed by atoms with Crippen LogP contribution in [-0.2, 0) is 26.4 Å². The van der Waals surface area contributed by atoms with E-state index < -0.39 is 39.8 Å². The second-order valence-corrected chi connectivity index (χ2v) is 15.4. The summed E-state index contributed by atoms with van der Waals surface area (Å²) in [6, 6.07) is 10.5. The number of thioether (sulfide) groups is 1. The lowest BCUT2D eigenvalue weighted by Crippen LogP contribution is -2.52. The highest BCUT2D eigenvalue weighted by Gasteiger charge is 2.34. The Labute approximate surface area is 276 Å². The summed E-state index contributed by atoms with van der Waals surface area (Å²) in [5.74, 6) is -0.801. The molecule has 0 spiro atoms. The van der Waals surface area contributed by atoms with Crippen molar-refractivity contribution in [1.29, 1.82) is 0 Å². The first-order valence-electron chi connectivity index (χ1n) is 15.2. The molecule has 12 heteroatoms. The molecule has 0 saturated heterocycles. The van der Waals surface area contributed by atoms with Crippen LogP contribution in [0.2, 0.25) is 0 Å². The van der Waals surface area contributed by atoms with E-state index in [-0.39, 0.29) is 40.9 Å². The van der Waals surface area contributed by atoms with Gasteiger partial charge in [-0.25, -0.2) is 4.39 Å². The monoisotopic (exact) mass is 670 g/mol. The molecule has 4 rings (SSSR count). The summed E-state index contributed by atoms with van der Waals surface area (Å²) in [4.78, 5) is 29.5. The minimum absolute atomic E-state index is 0.0897. The van der Waals surface area contributed by atoms with Crippen LogP contribution in [0.5, 0.6) is 0 Å². The van der Waals surface area contributed by atoms with Gasteiger partial charge in [0.25, 0.3) is 5.91 Å². The van der Waals surface area contributed by atoms with Gasteiger partial charge in [-0.15, -0.1) is 11.8 Å². The summed E-state index contributed by atoms with van der Waals surface area (Å²) in [7, 11) is -2.41. The molecule has 2 aliphatic rings. The van der Waals surface area contributed by atoms with E-state index in [2.05, 4.69) is 16.0 Å². The van der Waals surface area contributed by atoms with Gasteiger partial charge in [0.1, 0.15) is 11.9 Å². The summed E-state index contributed by atoms with van der Waals surface area (Å²) < 4.78 is 38.4. The standard InChI is InChI=1S/C34H43FN4O5S2/c1-21(40)18-36-34(5,6)17-30(41)37-26-20-45-28-16-24(35)14-15-27(28)39(32(26)42)19-22-10-12-23(13-11-22)25-8-7-9-29(46(43)44)31(25)38-33(2,3)4/h7-16,21,26,31,36,38,40H,17-20H2,1-6H3,(H,37,41)/t21-,26-,31?/m1/s1. The number of nitrogens with zero attached hydrogens (tertiary/aromatic N) is 1. The van der Waals surface area contributed by atoms with Crippen molar-refractivity contribution >= 4 is 50.0 Å². The van der Waals surface area contributed by atoms with E-state index in [9.17, 15) is 27.5 Å². The summed E-state index contributed by atoms with van der Waals surface area (Å²) >= 11 is 1.31. The van der Waals surface area contributed by atoms with Gasteiger partial charge >= 0.3 is 0 Å². The van der Waals surface area contributed by atoms with E-state index in [1.807, 2.05) is 65.0 Å². The predicted molar refractivity (Wildman–Crippen MR) is 183 cm³/mol. The average molecular weight is 671 g/mol. The molecule has 0 radical (unpaired) electrons. The SMILES string of the molecule is C[C@@H](O)CNC(C)(C)CC(=O)N[C@@H]1CSc2cc(F)ccc2N(Cc2ccc(C3=CC=CC(=S(=O)=O)C3NC(C)(C)C)cc2)C1=O. The lowest BCUT2D eigenvalue weighted by molar-refractivity contribution is -0.127. The number of aliphatic hydroxyl groups excluding tert-OH is 1. The first-order valence-corrected chi connectivity index (χ1v) is 17.3. The zero-order chi connectivity index (χ0) is 33.8. The van der Waals surface area contributed by atoms with Gasteiger partial charge in [0.05, 0.1) is 29.2 Å². The second-order valence-electron chi connectivity index (χ2n) is 13.4. The summed E-state index contributed by atoms with van der Waals surface area (Å²) in [5.41, 5.74) is 2.03. The molecule has 2 aromatic rings. The maximum atomic E-state index is 14.3. The second kappa shape index (κ2) is 14.6. The fourth-order valence-corrected chi connectivity index (χ4v) is 7.01. The molecule has 0 saturated carbocycles. The fourth-order valence-electron chi connectivity index (χ4n) is 5.35. The number of benzene rings is 2. The van der Waals surface area contributed by atoms with Gasteiger partial charge in [-0.3, -0.25) is 9.59 Å². The van der Waals surface area contributed by atoms with Crippen LogP contribution in [-0.4, -0.2) is 71.8 Å². The van der Waals surface area contributed by atoms with Gasteiger partial charge in [0.2, 0.25) is 16.2 Å². The molecular weight excluding hydrogens is 628 g/mol. The van der Waals surface area contributed by atoms with Crippen molar-refractivity contribution in [3.8, 4) is 0 Å². The number of rotatable bonds is 10. The lowest BCUT2D eigenvalue weighted by Gasteiger charge is -2.31. The number of amides is 2. The largest absolute Gasteiger partial charge is 0.392 e. The number of aliphatic hydroxyl groups is 1. The number of β-amino-alcohol motifs (C(OH)–C–C–N with tert-alkyl or cyclic N) is 1. The molecule has 1 aliphatic heterocycles. The Morgan fingerprint density at radius 1 is 1.13 bits per heavy atom. The van der Waals surface area contributed by atoms with Crippen LogP contribution in [0.25, 0.3) is 5.57 Å². The molecule has 0 aromatic heterocycles. The summed E-state index contributed by atoms with van der Waals surface area (Å²) in [5, 5.41) is 19.1. The molecule has 2 aromatic carbocycles. The lowest BCUT2D eigenvalue weighted by atomic mass is 9.90. The Balaban J connectivity index is 1.58. The van der Waals surface area contributed by atoms with E-state index in [4.69, 9.17) is 0 Å². The molecule has 2 amide bonds. The minimum atomic E-state index is -2.41. The van der Waals surface area contributed by atoms with Gasteiger partial charge in [0.15, 0.2) is 0 Å². The van der Waals surface area contributed by atoms with Crippen molar-refractivity contribution in [2.45, 2.75) is 88.7 Å². The molecule has 1 heterocycles.